The van der Waals surface area contributed by atoms with Gasteiger partial charge >= 0.3 is 0 Å². The molecule has 64 valence electrons. The molecule has 0 saturated carbocycles. The Kier molecular flexibility index (Phi) is 2.71. The number of hydrogen-bond donors (Lipinski definition) is 0. The first-order valence-corrected chi connectivity index (χ1v) is 3.40. The smallest absolute Gasteiger partial charge is 0.274 e. The Morgan fingerprint density at radius 2 is 2.08 bits per heavy atom. The zero-order valence-corrected chi connectivity index (χ0v) is 6.54. The molecule has 0 spiro atoms. The second-order valence-electron chi connectivity index (χ2n) is 2.18. The van der Waals surface area contributed by atoms with Crippen molar-refractivity contribution in [2.45, 2.75) is 0 Å². The number of rotatable bonds is 2. The van der Waals surface area contributed by atoms with Gasteiger partial charge in [-0.15, -0.1) is 0 Å². The molecular formula is C8H5N3O2. The van der Waals surface area contributed by atoms with E-state index >= 15 is 0 Å². The molecule has 5 heteroatoms. The van der Waals surface area contributed by atoms with Gasteiger partial charge in [-0.05, 0) is 17.0 Å². The molecule has 1 rings (SSSR count). The van der Waals surface area contributed by atoms with Crippen LogP contribution in [0.4, 0.5) is 5.69 Å². The largest absolute Gasteiger partial charge is 0.593 e. The topological polar surface area (TPSA) is 79.3 Å². The van der Waals surface area contributed by atoms with Gasteiger partial charge in [0, 0.05) is 17.7 Å². The third-order valence-corrected chi connectivity index (χ3v) is 1.39. The van der Waals surface area contributed by atoms with E-state index < -0.39 is 0 Å². The maximum atomic E-state index is 10.9. The summed E-state index contributed by atoms with van der Waals surface area (Å²) in [5, 5.41) is 21.9. The number of carbonyl (C=O) groups is 1. The number of aldehydes is 1. The lowest BCUT2D eigenvalue weighted by Crippen LogP contribution is -1.90. The van der Waals surface area contributed by atoms with Gasteiger partial charge in [0.05, 0.1) is 5.11 Å². The maximum Gasteiger partial charge on any atom is 0.274 e. The summed E-state index contributed by atoms with van der Waals surface area (Å²) in [6.45, 7) is 0. The summed E-state index contributed by atoms with van der Waals surface area (Å²) in [6, 6.07) is 5.77. The van der Waals surface area contributed by atoms with E-state index in [1.54, 1.807) is 0 Å². The monoisotopic (exact) mass is 175 g/mol. The molecule has 0 aliphatic heterocycles. The first-order chi connectivity index (χ1) is 6.27. The van der Waals surface area contributed by atoms with Crippen molar-refractivity contribution in [2.24, 2.45) is 5.11 Å². The van der Waals surface area contributed by atoms with Crippen molar-refractivity contribution in [3.05, 3.63) is 35.0 Å². The summed E-state index contributed by atoms with van der Waals surface area (Å²) >= 11 is 0. The molecule has 0 aromatic heterocycles. The van der Waals surface area contributed by atoms with E-state index in [1.807, 2.05) is 0 Å². The van der Waals surface area contributed by atoms with Crippen LogP contribution in [0.3, 0.4) is 0 Å². The van der Waals surface area contributed by atoms with Gasteiger partial charge in [-0.2, -0.15) is 5.26 Å². The molecule has 1 aromatic carbocycles. The molecule has 0 unspecified atom stereocenters. The van der Waals surface area contributed by atoms with Crippen molar-refractivity contribution >= 4 is 12.0 Å². The van der Waals surface area contributed by atoms with Crippen LogP contribution in [0, 0.1) is 16.7 Å². The normalized spacial score (nSPS) is 10.5. The molecule has 0 fully saturated rings. The Morgan fingerprint density at radius 1 is 1.46 bits per heavy atom. The fourth-order valence-corrected chi connectivity index (χ4v) is 0.779. The van der Waals surface area contributed by atoms with E-state index in [9.17, 15) is 10.0 Å². The van der Waals surface area contributed by atoms with Gasteiger partial charge in [-0.25, -0.2) is 0 Å². The lowest BCUT2D eigenvalue weighted by Gasteiger charge is -1.95. The molecule has 0 saturated heterocycles. The van der Waals surface area contributed by atoms with Gasteiger partial charge < -0.3 is 5.21 Å². The van der Waals surface area contributed by atoms with E-state index in [0.717, 1.165) is 0 Å². The first-order valence-electron chi connectivity index (χ1n) is 3.40. The van der Waals surface area contributed by atoms with Crippen LogP contribution in [0.25, 0.3) is 0 Å². The van der Waals surface area contributed by atoms with E-state index in [-0.39, 0.29) is 10.5 Å². The highest BCUT2D eigenvalue weighted by Crippen LogP contribution is 2.11. The van der Waals surface area contributed by atoms with Crippen LogP contribution in [-0.4, -0.2) is 11.1 Å². The van der Waals surface area contributed by atoms with Crippen LogP contribution < -0.4 is 0 Å². The van der Waals surface area contributed by atoms with E-state index in [2.05, 4.69) is 5.11 Å². The van der Waals surface area contributed by atoms with E-state index in [1.165, 1.54) is 30.5 Å². The van der Waals surface area contributed by atoms with Crippen molar-refractivity contribution in [3.8, 4) is 6.19 Å². The SMILES string of the molecule is N#CN=[N+]([O-])c1ccc(C=O)cc1. The predicted octanol–water partition coefficient (Wildman–Crippen LogP) is 1.57. The molecule has 0 amide bonds. The summed E-state index contributed by atoms with van der Waals surface area (Å²) < 4.78 is 0. The van der Waals surface area contributed by atoms with Crippen LogP contribution in [0.1, 0.15) is 10.4 Å². The van der Waals surface area contributed by atoms with E-state index in [4.69, 9.17) is 5.26 Å². The Balaban J connectivity index is 3.00. The minimum Gasteiger partial charge on any atom is -0.593 e. The van der Waals surface area contributed by atoms with Crippen molar-refractivity contribution in [1.82, 2.24) is 0 Å². The molecule has 1 aromatic rings. The minimum absolute atomic E-state index is 0.189. The molecule has 0 heterocycles. The number of benzene rings is 1. The first kappa shape index (κ1) is 8.87. The minimum atomic E-state index is 0.189. The van der Waals surface area contributed by atoms with Gasteiger partial charge in [0.1, 0.15) is 6.29 Å². The van der Waals surface area contributed by atoms with Gasteiger partial charge in [0.25, 0.3) is 6.19 Å². The number of azo groups is 1. The number of nitriles is 1. The highest BCUT2D eigenvalue weighted by Gasteiger charge is 2.01. The lowest BCUT2D eigenvalue weighted by molar-refractivity contribution is -0.435. The van der Waals surface area contributed by atoms with Crippen LogP contribution in [-0.2, 0) is 0 Å². The fraction of sp³-hybridized carbons (Fsp3) is 0. The lowest BCUT2D eigenvalue weighted by atomic mass is 10.2. The molecule has 13 heavy (non-hydrogen) atoms. The summed E-state index contributed by atoms with van der Waals surface area (Å²) in [5.74, 6) is 0. The standard InChI is InChI=1S/C8H5N3O2/c9-6-10-11(13)8-3-1-7(5-12)2-4-8/h1-5H. The van der Waals surface area contributed by atoms with Crippen molar-refractivity contribution in [3.63, 3.8) is 0 Å². The Hall–Kier alpha value is -2.22. The zero-order valence-electron chi connectivity index (χ0n) is 6.54. The number of carbonyl (C=O) groups excluding carboxylic acids is 1. The molecule has 0 N–H and O–H groups in total. The average molecular weight is 175 g/mol. The van der Waals surface area contributed by atoms with Gasteiger partial charge in [-0.3, -0.25) is 4.79 Å². The third-order valence-electron chi connectivity index (χ3n) is 1.39. The third kappa shape index (κ3) is 2.10. The summed E-state index contributed by atoms with van der Waals surface area (Å²) in [5.41, 5.74) is 0.682. The molecule has 0 radical (unpaired) electrons. The maximum absolute atomic E-state index is 10.9. The Labute approximate surface area is 74.1 Å². The molecule has 0 aliphatic rings. The van der Waals surface area contributed by atoms with Crippen molar-refractivity contribution in [1.29, 1.82) is 5.26 Å². The molecular weight excluding hydrogens is 170 g/mol. The molecule has 5 nitrogen and oxygen atoms in total. The molecule has 0 bridgehead atoms. The van der Waals surface area contributed by atoms with Crippen LogP contribution in [0.2, 0.25) is 0 Å². The summed E-state index contributed by atoms with van der Waals surface area (Å²) in [7, 11) is 0. The number of nitrogens with zero attached hydrogens (tertiary/aromatic N) is 3. The van der Waals surface area contributed by atoms with Crippen LogP contribution in [0.15, 0.2) is 29.4 Å². The highest BCUT2D eigenvalue weighted by atomic mass is 16.5. The summed E-state index contributed by atoms with van der Waals surface area (Å²) in [4.78, 5) is 10.4. The molecule has 0 aliphatic carbocycles. The van der Waals surface area contributed by atoms with E-state index in [0.29, 0.717) is 11.8 Å². The zero-order chi connectivity index (χ0) is 9.68. The van der Waals surface area contributed by atoms with Gasteiger partial charge in [0.2, 0.25) is 5.69 Å². The summed E-state index contributed by atoms with van der Waals surface area (Å²) in [6.07, 6.45) is 2.03. The fourth-order valence-electron chi connectivity index (χ4n) is 0.779. The quantitative estimate of drug-likeness (QED) is 0.225. The van der Waals surface area contributed by atoms with Crippen LogP contribution in [0.5, 0.6) is 0 Å². The van der Waals surface area contributed by atoms with Crippen molar-refractivity contribution < 1.29 is 9.66 Å². The second-order valence-corrected chi connectivity index (χ2v) is 2.18. The Morgan fingerprint density at radius 3 is 2.54 bits per heavy atom. The predicted molar refractivity (Wildman–Crippen MR) is 43.2 cm³/mol. The highest BCUT2D eigenvalue weighted by molar-refractivity contribution is 5.75. The van der Waals surface area contributed by atoms with Crippen molar-refractivity contribution in [2.75, 3.05) is 0 Å². The van der Waals surface area contributed by atoms with Gasteiger partial charge in [0.15, 0.2) is 0 Å². The molecule has 0 atom stereocenters. The number of hydrogen-bond acceptors (Lipinski definition) is 4. The van der Waals surface area contributed by atoms with Gasteiger partial charge in [-0.1, -0.05) is 0 Å². The second kappa shape index (κ2) is 3.97. The van der Waals surface area contributed by atoms with Crippen LogP contribution >= 0.6 is 0 Å². The average Bonchev–Trinajstić information content (AvgIpc) is 2.18. The Bertz CT molecular complexity index is 375.